The molecule has 8 heteroatoms. The Morgan fingerprint density at radius 2 is 1.50 bits per heavy atom. The molecular weight excluding hydrogens is 374 g/mol. The van der Waals surface area contributed by atoms with Gasteiger partial charge in [0.05, 0.1) is 11.1 Å². The molecule has 3 rings (SSSR count). The first-order chi connectivity index (χ1) is 10.2. The minimum absolute atomic E-state index is 0.0433. The van der Waals surface area contributed by atoms with E-state index in [1.165, 1.54) is 0 Å². The summed E-state index contributed by atoms with van der Waals surface area (Å²) >= 11 is 3.14. The van der Waals surface area contributed by atoms with E-state index in [0.717, 1.165) is 6.07 Å². The summed E-state index contributed by atoms with van der Waals surface area (Å²) in [5, 5.41) is 21.7. The second-order valence-corrected chi connectivity index (χ2v) is 6.98. The molecule has 0 saturated heterocycles. The molecule has 114 valence electrons. The van der Waals surface area contributed by atoms with Gasteiger partial charge in [0, 0.05) is 20.6 Å². The van der Waals surface area contributed by atoms with Crippen LogP contribution in [-0.2, 0) is 10.1 Å². The molecule has 0 aliphatic rings. The molecule has 0 aromatic heterocycles. The van der Waals surface area contributed by atoms with E-state index in [1.54, 1.807) is 24.3 Å². The monoisotopic (exact) mass is 383 g/mol. The number of halogens is 1. The van der Waals surface area contributed by atoms with Crippen LogP contribution in [0, 0.1) is 0 Å². The molecule has 0 fully saturated rings. The van der Waals surface area contributed by atoms with Gasteiger partial charge in [-0.2, -0.15) is 8.42 Å². The number of rotatable bonds is 1. The third kappa shape index (κ3) is 1.99. The van der Waals surface area contributed by atoms with E-state index in [2.05, 4.69) is 15.9 Å². The number of aromatic hydroxyl groups is 2. The number of nitrogen functional groups attached to an aromatic ring is 1. The van der Waals surface area contributed by atoms with Crippen LogP contribution in [0.5, 0.6) is 11.5 Å². The summed E-state index contributed by atoms with van der Waals surface area (Å²) in [5.74, 6) is -0.420. The number of fused-ring (bicyclic) bond motifs is 2. The zero-order chi connectivity index (χ0) is 16.2. The molecular formula is C14H10BrNO5S. The number of phenolic OH excluding ortho intramolecular Hbond substituents is 2. The molecule has 3 aromatic carbocycles. The summed E-state index contributed by atoms with van der Waals surface area (Å²) in [6.45, 7) is 0. The zero-order valence-electron chi connectivity index (χ0n) is 10.9. The lowest BCUT2D eigenvalue weighted by molar-refractivity contribution is 0.477. The SMILES string of the molecule is Nc1c(S(=O)(=O)O)cc(Br)c2c(O)c3ccccc3c(O)c12. The lowest BCUT2D eigenvalue weighted by Gasteiger charge is -2.14. The number of anilines is 1. The van der Waals surface area contributed by atoms with Crippen LogP contribution in [-0.4, -0.2) is 23.2 Å². The fraction of sp³-hybridized carbons (Fsp3) is 0. The number of phenols is 2. The second kappa shape index (κ2) is 4.73. The van der Waals surface area contributed by atoms with Gasteiger partial charge in [-0.1, -0.05) is 24.3 Å². The topological polar surface area (TPSA) is 121 Å². The van der Waals surface area contributed by atoms with Crippen LogP contribution in [0.25, 0.3) is 21.5 Å². The van der Waals surface area contributed by atoms with Crippen molar-refractivity contribution in [1.29, 1.82) is 0 Å². The van der Waals surface area contributed by atoms with Crippen LogP contribution in [0.4, 0.5) is 5.69 Å². The zero-order valence-corrected chi connectivity index (χ0v) is 13.3. The molecule has 5 N–H and O–H groups in total. The number of hydrogen-bond donors (Lipinski definition) is 4. The van der Waals surface area contributed by atoms with Crippen molar-refractivity contribution in [2.75, 3.05) is 5.73 Å². The maximum absolute atomic E-state index is 11.4. The maximum Gasteiger partial charge on any atom is 0.296 e. The molecule has 0 aliphatic heterocycles. The highest BCUT2D eigenvalue weighted by molar-refractivity contribution is 9.10. The van der Waals surface area contributed by atoms with Crippen LogP contribution in [0.2, 0.25) is 0 Å². The van der Waals surface area contributed by atoms with Gasteiger partial charge in [0.2, 0.25) is 0 Å². The summed E-state index contributed by atoms with van der Waals surface area (Å²) < 4.78 is 32.3. The van der Waals surface area contributed by atoms with Gasteiger partial charge >= 0.3 is 0 Å². The van der Waals surface area contributed by atoms with E-state index < -0.39 is 15.0 Å². The van der Waals surface area contributed by atoms with Crippen LogP contribution < -0.4 is 5.73 Å². The Morgan fingerprint density at radius 1 is 1.00 bits per heavy atom. The minimum Gasteiger partial charge on any atom is -0.507 e. The first kappa shape index (κ1) is 14.9. The Morgan fingerprint density at radius 3 is 2.00 bits per heavy atom. The Hall–Kier alpha value is -2.03. The molecule has 6 nitrogen and oxygen atoms in total. The van der Waals surface area contributed by atoms with Gasteiger partial charge in [-0.15, -0.1) is 0 Å². The average Bonchev–Trinajstić information content (AvgIpc) is 2.45. The number of benzene rings is 3. The molecule has 0 atom stereocenters. The van der Waals surface area contributed by atoms with E-state index >= 15 is 0 Å². The molecule has 3 aromatic rings. The lowest BCUT2D eigenvalue weighted by atomic mass is 9.99. The molecule has 0 unspecified atom stereocenters. The van der Waals surface area contributed by atoms with Gasteiger partial charge in [0.1, 0.15) is 16.4 Å². The summed E-state index contributed by atoms with van der Waals surface area (Å²) in [5.41, 5.74) is 5.47. The molecule has 0 aliphatic carbocycles. The van der Waals surface area contributed by atoms with Crippen molar-refractivity contribution in [2.45, 2.75) is 4.90 Å². The maximum atomic E-state index is 11.4. The van der Waals surface area contributed by atoms with Crippen molar-refractivity contribution in [1.82, 2.24) is 0 Å². The Kier molecular flexibility index (Phi) is 3.20. The smallest absolute Gasteiger partial charge is 0.296 e. The molecule has 0 spiro atoms. The van der Waals surface area contributed by atoms with Gasteiger partial charge < -0.3 is 15.9 Å². The highest BCUT2D eigenvalue weighted by Gasteiger charge is 2.24. The van der Waals surface area contributed by atoms with Crippen molar-refractivity contribution in [3.05, 3.63) is 34.8 Å². The van der Waals surface area contributed by atoms with E-state index in [0.29, 0.717) is 10.8 Å². The standard InChI is InChI=1S/C14H10BrNO5S/c15-8-5-9(22(19,20)21)12(16)11-10(8)13(17)6-3-1-2-4-7(6)14(11)18/h1-5,17-18H,16H2,(H,19,20,21). The molecule has 0 amide bonds. The van der Waals surface area contributed by atoms with Crippen molar-refractivity contribution in [3.8, 4) is 11.5 Å². The second-order valence-electron chi connectivity index (χ2n) is 4.74. The summed E-state index contributed by atoms with van der Waals surface area (Å²) in [6, 6.07) is 7.61. The third-order valence-corrected chi connectivity index (χ3v) is 4.99. The van der Waals surface area contributed by atoms with E-state index in [1.807, 2.05) is 0 Å². The predicted octanol–water partition coefficient (Wildman–Crippen LogP) is 3.00. The molecule has 0 saturated carbocycles. The first-order valence-electron chi connectivity index (χ1n) is 6.05. The fourth-order valence-electron chi connectivity index (χ4n) is 2.50. The van der Waals surface area contributed by atoms with Gasteiger partial charge in [-0.3, -0.25) is 4.55 Å². The predicted molar refractivity (Wildman–Crippen MR) is 86.7 cm³/mol. The number of hydrogen-bond acceptors (Lipinski definition) is 5. The van der Waals surface area contributed by atoms with Gasteiger partial charge in [-0.25, -0.2) is 0 Å². The van der Waals surface area contributed by atoms with Gasteiger partial charge in [0.25, 0.3) is 10.1 Å². The first-order valence-corrected chi connectivity index (χ1v) is 8.28. The highest BCUT2D eigenvalue weighted by atomic mass is 79.9. The number of nitrogens with two attached hydrogens (primary N) is 1. The van der Waals surface area contributed by atoms with E-state index in [9.17, 15) is 23.2 Å². The van der Waals surface area contributed by atoms with Crippen molar-refractivity contribution in [3.63, 3.8) is 0 Å². The summed E-state index contributed by atoms with van der Waals surface area (Å²) in [6.07, 6.45) is 0. The van der Waals surface area contributed by atoms with Crippen LogP contribution in [0.15, 0.2) is 39.7 Å². The van der Waals surface area contributed by atoms with Crippen LogP contribution >= 0.6 is 15.9 Å². The van der Waals surface area contributed by atoms with Crippen LogP contribution in [0.3, 0.4) is 0 Å². The Labute approximate surface area is 133 Å². The molecule has 0 radical (unpaired) electrons. The Bertz CT molecular complexity index is 1050. The van der Waals surface area contributed by atoms with E-state index in [-0.39, 0.29) is 32.4 Å². The minimum atomic E-state index is -4.58. The van der Waals surface area contributed by atoms with Crippen molar-refractivity contribution >= 4 is 53.3 Å². The summed E-state index contributed by atoms with van der Waals surface area (Å²) in [4.78, 5) is -0.545. The largest absolute Gasteiger partial charge is 0.507 e. The van der Waals surface area contributed by atoms with Crippen molar-refractivity contribution in [2.24, 2.45) is 0 Å². The average molecular weight is 384 g/mol. The van der Waals surface area contributed by atoms with Gasteiger partial charge in [0.15, 0.2) is 0 Å². The normalized spacial score (nSPS) is 12.1. The van der Waals surface area contributed by atoms with Gasteiger partial charge in [-0.05, 0) is 22.0 Å². The molecule has 0 heterocycles. The lowest BCUT2D eigenvalue weighted by Crippen LogP contribution is -2.04. The van der Waals surface area contributed by atoms with Crippen molar-refractivity contribution < 1.29 is 23.2 Å². The van der Waals surface area contributed by atoms with E-state index in [4.69, 9.17) is 5.73 Å². The highest BCUT2D eigenvalue weighted by Crippen LogP contribution is 2.48. The molecule has 22 heavy (non-hydrogen) atoms. The van der Waals surface area contributed by atoms with Crippen LogP contribution in [0.1, 0.15) is 0 Å². The molecule has 0 bridgehead atoms. The fourth-order valence-corrected chi connectivity index (χ4v) is 3.91. The third-order valence-electron chi connectivity index (χ3n) is 3.47. The summed E-state index contributed by atoms with van der Waals surface area (Å²) in [7, 11) is -4.58. The Balaban J connectivity index is 2.69. The quantitative estimate of drug-likeness (QED) is 0.222.